The molecule has 3 nitrogen and oxygen atoms in total. The molecule has 1 fully saturated rings. The molecule has 0 spiro atoms. The minimum absolute atomic E-state index is 0.234. The van der Waals surface area contributed by atoms with Crippen LogP contribution in [0.5, 0.6) is 0 Å². The number of primary amides is 1. The van der Waals surface area contributed by atoms with Crippen LogP contribution in [0.25, 0.3) is 0 Å². The van der Waals surface area contributed by atoms with Crippen LogP contribution in [0.4, 0.5) is 9.18 Å². The molecule has 0 saturated carbocycles. The van der Waals surface area contributed by atoms with Crippen LogP contribution in [0.3, 0.4) is 0 Å². The van der Waals surface area contributed by atoms with E-state index in [0.29, 0.717) is 13.1 Å². The van der Waals surface area contributed by atoms with Crippen LogP contribution in [0.1, 0.15) is 11.5 Å². The fourth-order valence-electron chi connectivity index (χ4n) is 1.63. The van der Waals surface area contributed by atoms with Gasteiger partial charge in [0, 0.05) is 19.0 Å². The Labute approximate surface area is 81.3 Å². The number of amides is 2. The van der Waals surface area contributed by atoms with E-state index >= 15 is 0 Å². The van der Waals surface area contributed by atoms with Gasteiger partial charge in [-0.05, 0) is 17.7 Å². The zero-order valence-corrected chi connectivity index (χ0v) is 7.61. The summed E-state index contributed by atoms with van der Waals surface area (Å²) >= 11 is 0. The quantitative estimate of drug-likeness (QED) is 0.719. The molecule has 0 bridgehead atoms. The second kappa shape index (κ2) is 3.29. The Morgan fingerprint density at radius 2 is 2.21 bits per heavy atom. The predicted octanol–water partition coefficient (Wildman–Crippen LogP) is 1.30. The van der Waals surface area contributed by atoms with Gasteiger partial charge < -0.3 is 10.6 Å². The zero-order valence-electron chi connectivity index (χ0n) is 7.61. The summed E-state index contributed by atoms with van der Waals surface area (Å²) in [6, 6.07) is 6.05. The standard InChI is InChI=1S/C10H11FN2O/c11-9-3-1-2-7(4-9)8-5-13(6-8)10(12)14/h1-4,8H,5-6H2,(H2,12,14). The van der Waals surface area contributed by atoms with Gasteiger partial charge in [-0.25, -0.2) is 9.18 Å². The van der Waals surface area contributed by atoms with Crippen LogP contribution in [0.15, 0.2) is 24.3 Å². The van der Waals surface area contributed by atoms with Crippen molar-refractivity contribution in [3.63, 3.8) is 0 Å². The third-order valence-electron chi connectivity index (χ3n) is 2.51. The lowest BCUT2D eigenvalue weighted by atomic mass is 9.92. The van der Waals surface area contributed by atoms with Crippen LogP contribution < -0.4 is 5.73 Å². The Morgan fingerprint density at radius 1 is 1.50 bits per heavy atom. The van der Waals surface area contributed by atoms with Crippen molar-refractivity contribution in [3.05, 3.63) is 35.6 Å². The number of hydrogen-bond acceptors (Lipinski definition) is 1. The Morgan fingerprint density at radius 3 is 2.79 bits per heavy atom. The summed E-state index contributed by atoms with van der Waals surface area (Å²) in [4.78, 5) is 12.2. The minimum Gasteiger partial charge on any atom is -0.351 e. The van der Waals surface area contributed by atoms with Crippen molar-refractivity contribution in [2.45, 2.75) is 5.92 Å². The minimum atomic E-state index is -0.405. The van der Waals surface area contributed by atoms with E-state index in [1.807, 2.05) is 6.07 Å². The van der Waals surface area contributed by atoms with Crippen molar-refractivity contribution in [1.82, 2.24) is 4.90 Å². The van der Waals surface area contributed by atoms with Crippen molar-refractivity contribution < 1.29 is 9.18 Å². The summed E-state index contributed by atoms with van der Waals surface area (Å²) in [6.07, 6.45) is 0. The lowest BCUT2D eigenvalue weighted by molar-refractivity contribution is 0.160. The zero-order chi connectivity index (χ0) is 10.1. The van der Waals surface area contributed by atoms with E-state index < -0.39 is 6.03 Å². The molecule has 14 heavy (non-hydrogen) atoms. The van der Waals surface area contributed by atoms with Crippen LogP contribution in [-0.2, 0) is 0 Å². The molecule has 0 radical (unpaired) electrons. The van der Waals surface area contributed by atoms with Gasteiger partial charge in [-0.3, -0.25) is 0 Å². The van der Waals surface area contributed by atoms with Crippen molar-refractivity contribution in [3.8, 4) is 0 Å². The summed E-state index contributed by atoms with van der Waals surface area (Å²) < 4.78 is 12.8. The molecule has 2 N–H and O–H groups in total. The first-order valence-electron chi connectivity index (χ1n) is 4.46. The van der Waals surface area contributed by atoms with E-state index in [1.54, 1.807) is 6.07 Å². The lowest BCUT2D eigenvalue weighted by Gasteiger charge is -2.38. The molecular formula is C10H11FN2O. The van der Waals surface area contributed by atoms with E-state index in [0.717, 1.165) is 5.56 Å². The third kappa shape index (κ3) is 1.55. The lowest BCUT2D eigenvalue weighted by Crippen LogP contribution is -2.50. The molecule has 0 atom stereocenters. The number of hydrogen-bond donors (Lipinski definition) is 1. The number of carbonyl (C=O) groups is 1. The highest BCUT2D eigenvalue weighted by Crippen LogP contribution is 2.26. The summed E-state index contributed by atoms with van der Waals surface area (Å²) in [7, 11) is 0. The predicted molar refractivity (Wildman–Crippen MR) is 50.3 cm³/mol. The Balaban J connectivity index is 2.03. The monoisotopic (exact) mass is 194 g/mol. The number of urea groups is 1. The van der Waals surface area contributed by atoms with Gasteiger partial charge in [0.1, 0.15) is 5.82 Å². The maximum atomic E-state index is 12.8. The van der Waals surface area contributed by atoms with E-state index in [1.165, 1.54) is 17.0 Å². The fourth-order valence-corrected chi connectivity index (χ4v) is 1.63. The number of nitrogens with two attached hydrogens (primary N) is 1. The molecule has 1 aromatic rings. The summed E-state index contributed by atoms with van der Waals surface area (Å²) in [6.45, 7) is 1.19. The van der Waals surface area contributed by atoms with Gasteiger partial charge in [-0.1, -0.05) is 12.1 Å². The SMILES string of the molecule is NC(=O)N1CC(c2cccc(F)c2)C1. The van der Waals surface area contributed by atoms with Crippen molar-refractivity contribution >= 4 is 6.03 Å². The number of likely N-dealkylation sites (tertiary alicyclic amines) is 1. The first-order valence-corrected chi connectivity index (χ1v) is 4.46. The topological polar surface area (TPSA) is 46.3 Å². The molecule has 2 amide bonds. The fraction of sp³-hybridized carbons (Fsp3) is 0.300. The maximum Gasteiger partial charge on any atom is 0.314 e. The smallest absolute Gasteiger partial charge is 0.314 e. The number of rotatable bonds is 1. The normalized spacial score (nSPS) is 16.5. The Hall–Kier alpha value is -1.58. The number of nitrogens with zero attached hydrogens (tertiary/aromatic N) is 1. The van der Waals surface area contributed by atoms with Gasteiger partial charge in [0.05, 0.1) is 0 Å². The van der Waals surface area contributed by atoms with Crippen molar-refractivity contribution in [1.29, 1.82) is 0 Å². The second-order valence-electron chi connectivity index (χ2n) is 3.50. The van der Waals surface area contributed by atoms with Gasteiger partial charge in [-0.15, -0.1) is 0 Å². The average Bonchev–Trinajstić information content (AvgIpc) is 2.00. The molecule has 1 aliphatic rings. The first-order chi connectivity index (χ1) is 6.66. The highest BCUT2D eigenvalue weighted by Gasteiger charge is 2.30. The van der Waals surface area contributed by atoms with Crippen molar-refractivity contribution in [2.75, 3.05) is 13.1 Å². The van der Waals surface area contributed by atoms with Gasteiger partial charge in [0.2, 0.25) is 0 Å². The highest BCUT2D eigenvalue weighted by molar-refractivity contribution is 5.73. The summed E-state index contributed by atoms with van der Waals surface area (Å²) in [5, 5.41) is 0. The third-order valence-corrected chi connectivity index (χ3v) is 2.51. The van der Waals surface area contributed by atoms with Crippen LogP contribution >= 0.6 is 0 Å². The molecule has 0 aromatic heterocycles. The maximum absolute atomic E-state index is 12.8. The average molecular weight is 194 g/mol. The molecule has 0 aliphatic carbocycles. The molecule has 0 unspecified atom stereocenters. The summed E-state index contributed by atoms with van der Waals surface area (Å²) in [5.41, 5.74) is 6.01. The molecule has 1 heterocycles. The van der Waals surface area contributed by atoms with E-state index in [2.05, 4.69) is 0 Å². The molecule has 4 heteroatoms. The van der Waals surface area contributed by atoms with E-state index in [-0.39, 0.29) is 11.7 Å². The van der Waals surface area contributed by atoms with E-state index in [9.17, 15) is 9.18 Å². The van der Waals surface area contributed by atoms with Gasteiger partial charge >= 0.3 is 6.03 Å². The highest BCUT2D eigenvalue weighted by atomic mass is 19.1. The molecule has 74 valence electrons. The molecule has 1 aromatic carbocycles. The number of halogens is 1. The summed E-state index contributed by atoms with van der Waals surface area (Å²) in [5.74, 6) is -0.00164. The van der Waals surface area contributed by atoms with Gasteiger partial charge in [0.15, 0.2) is 0 Å². The number of carbonyl (C=O) groups excluding carboxylic acids is 1. The second-order valence-corrected chi connectivity index (χ2v) is 3.50. The molecule has 1 aliphatic heterocycles. The largest absolute Gasteiger partial charge is 0.351 e. The first kappa shape index (κ1) is 8.99. The van der Waals surface area contributed by atoms with Gasteiger partial charge in [-0.2, -0.15) is 0 Å². The van der Waals surface area contributed by atoms with Crippen molar-refractivity contribution in [2.24, 2.45) is 5.73 Å². The van der Waals surface area contributed by atoms with E-state index in [4.69, 9.17) is 5.73 Å². The Bertz CT molecular complexity index is 361. The molecule has 1 saturated heterocycles. The molecular weight excluding hydrogens is 183 g/mol. The number of benzene rings is 1. The Kier molecular flexibility index (Phi) is 2.11. The van der Waals surface area contributed by atoms with Crippen LogP contribution in [0.2, 0.25) is 0 Å². The van der Waals surface area contributed by atoms with Crippen LogP contribution in [-0.4, -0.2) is 24.0 Å². The molecule has 2 rings (SSSR count). The van der Waals surface area contributed by atoms with Gasteiger partial charge in [0.25, 0.3) is 0 Å². The van der Waals surface area contributed by atoms with Crippen LogP contribution in [0, 0.1) is 5.82 Å².